The molecule has 1 N–H and O–H groups in total. The topological polar surface area (TPSA) is 82.1 Å². The van der Waals surface area contributed by atoms with E-state index in [-0.39, 0.29) is 24.4 Å². The monoisotopic (exact) mass is 480 g/mol. The van der Waals surface area contributed by atoms with Crippen molar-refractivity contribution in [3.63, 3.8) is 0 Å². The number of hydrogen-bond donors (Lipinski definition) is 1. The molecule has 1 aliphatic rings. The first kappa shape index (κ1) is 29.3. The maximum Gasteiger partial charge on any atom is 0.308 e. The van der Waals surface area contributed by atoms with Crippen LogP contribution >= 0.6 is 0 Å². The standard InChI is InChI=1S/C26H44O6Si/c1-9-13-19(5)25-20(6)14-15-23(30-21(7)27)26(8,29)17-16-22(18-24(28)31-25)32-33(10-2,11-3)12-4/h9,13-15,20,22-23,25,29H,1,10-12,16-18H2,2-8H3/t20-,22+,23-,25+,26+/m0/s1. The maximum atomic E-state index is 13.0. The predicted molar refractivity (Wildman–Crippen MR) is 134 cm³/mol. The van der Waals surface area contributed by atoms with E-state index in [1.807, 2.05) is 26.0 Å². The zero-order valence-electron chi connectivity index (χ0n) is 21.6. The summed E-state index contributed by atoms with van der Waals surface area (Å²) in [7, 11) is -1.99. The zero-order chi connectivity index (χ0) is 25.2. The molecule has 5 atom stereocenters. The number of carbonyl (C=O) groups is 2. The highest BCUT2D eigenvalue weighted by molar-refractivity contribution is 6.73. The lowest BCUT2D eigenvalue weighted by atomic mass is 9.89. The highest BCUT2D eigenvalue weighted by Crippen LogP contribution is 2.31. The van der Waals surface area contributed by atoms with Crippen LogP contribution in [0, 0.1) is 5.92 Å². The Morgan fingerprint density at radius 3 is 2.39 bits per heavy atom. The average Bonchev–Trinajstić information content (AvgIpc) is 2.76. The van der Waals surface area contributed by atoms with Gasteiger partial charge in [-0.05, 0) is 56.5 Å². The van der Waals surface area contributed by atoms with Crippen molar-refractivity contribution in [2.75, 3.05) is 0 Å². The Hall–Kier alpha value is -1.70. The number of cyclic esters (lactones) is 1. The smallest absolute Gasteiger partial charge is 0.308 e. The second-order valence-electron chi connectivity index (χ2n) is 9.41. The van der Waals surface area contributed by atoms with Gasteiger partial charge in [-0.3, -0.25) is 9.59 Å². The molecule has 0 aromatic carbocycles. The van der Waals surface area contributed by atoms with Crippen LogP contribution in [0.15, 0.2) is 36.5 Å². The van der Waals surface area contributed by atoms with Gasteiger partial charge >= 0.3 is 11.9 Å². The molecule has 0 saturated heterocycles. The minimum atomic E-state index is -1.99. The Morgan fingerprint density at radius 2 is 1.88 bits per heavy atom. The molecule has 1 rings (SSSR count). The van der Waals surface area contributed by atoms with Gasteiger partial charge in [0.2, 0.25) is 0 Å². The van der Waals surface area contributed by atoms with Crippen molar-refractivity contribution < 1.29 is 28.6 Å². The predicted octanol–water partition coefficient (Wildman–Crippen LogP) is 5.48. The molecule has 0 aromatic heterocycles. The van der Waals surface area contributed by atoms with Gasteiger partial charge < -0.3 is 19.0 Å². The van der Waals surface area contributed by atoms with E-state index in [0.717, 1.165) is 23.7 Å². The summed E-state index contributed by atoms with van der Waals surface area (Å²) in [6, 6.07) is 2.88. The van der Waals surface area contributed by atoms with Gasteiger partial charge in [0.1, 0.15) is 17.8 Å². The van der Waals surface area contributed by atoms with Crippen LogP contribution in [0.4, 0.5) is 0 Å². The van der Waals surface area contributed by atoms with Gasteiger partial charge in [-0.2, -0.15) is 0 Å². The SMILES string of the molecule is C=CC=C(C)[C@H]1OC(=O)C[C@H](O[Si](CC)(CC)CC)CC[C@@](C)(O)[C@@H](OC(C)=O)C=C[C@@H]1C. The number of aliphatic hydroxyl groups is 1. The first-order valence-electron chi connectivity index (χ1n) is 12.2. The van der Waals surface area contributed by atoms with Crippen LogP contribution in [0.1, 0.15) is 67.7 Å². The summed E-state index contributed by atoms with van der Waals surface area (Å²) in [6.07, 6.45) is 6.25. The van der Waals surface area contributed by atoms with Crippen LogP contribution in [0.2, 0.25) is 18.1 Å². The number of allylic oxidation sites excluding steroid dienone is 2. The Morgan fingerprint density at radius 1 is 1.27 bits per heavy atom. The summed E-state index contributed by atoms with van der Waals surface area (Å²) in [5, 5.41) is 11.3. The molecule has 0 unspecified atom stereocenters. The van der Waals surface area contributed by atoms with Crippen LogP contribution in [0.5, 0.6) is 0 Å². The average molecular weight is 481 g/mol. The third-order valence-corrected chi connectivity index (χ3v) is 11.5. The highest BCUT2D eigenvalue weighted by atomic mass is 28.4. The number of rotatable bonds is 8. The molecule has 1 aliphatic heterocycles. The molecule has 0 spiro atoms. The maximum absolute atomic E-state index is 13.0. The minimum Gasteiger partial charge on any atom is -0.457 e. The van der Waals surface area contributed by atoms with Crippen LogP contribution in [0.25, 0.3) is 0 Å². The minimum absolute atomic E-state index is 0.122. The van der Waals surface area contributed by atoms with Crippen molar-refractivity contribution in [1.82, 2.24) is 0 Å². The van der Waals surface area contributed by atoms with Crippen molar-refractivity contribution in [3.05, 3.63) is 36.5 Å². The fraction of sp³-hybridized carbons (Fsp3) is 0.692. The Bertz CT molecular complexity index is 714. The molecule has 0 fully saturated rings. The molecule has 7 heteroatoms. The van der Waals surface area contributed by atoms with E-state index < -0.39 is 32.1 Å². The Labute approximate surface area is 201 Å². The van der Waals surface area contributed by atoms with E-state index in [1.54, 1.807) is 19.1 Å². The molecule has 1 heterocycles. The summed E-state index contributed by atoms with van der Waals surface area (Å²) in [4.78, 5) is 24.7. The van der Waals surface area contributed by atoms with E-state index in [0.29, 0.717) is 12.8 Å². The summed E-state index contributed by atoms with van der Waals surface area (Å²) >= 11 is 0. The van der Waals surface area contributed by atoms with Crippen molar-refractivity contribution >= 4 is 20.3 Å². The number of hydrogen-bond acceptors (Lipinski definition) is 6. The third-order valence-electron chi connectivity index (χ3n) is 6.78. The number of ether oxygens (including phenoxy) is 2. The Balaban J connectivity index is 3.41. The zero-order valence-corrected chi connectivity index (χ0v) is 22.6. The fourth-order valence-electron chi connectivity index (χ4n) is 4.35. The molecule has 0 bridgehead atoms. The first-order chi connectivity index (χ1) is 15.4. The summed E-state index contributed by atoms with van der Waals surface area (Å²) in [6.45, 7) is 17.0. The van der Waals surface area contributed by atoms with Crippen molar-refractivity contribution in [3.8, 4) is 0 Å². The molecule has 0 aromatic rings. The van der Waals surface area contributed by atoms with E-state index in [1.165, 1.54) is 6.92 Å². The molecule has 0 saturated carbocycles. The van der Waals surface area contributed by atoms with E-state index in [9.17, 15) is 14.7 Å². The normalized spacial score (nSPS) is 30.1. The van der Waals surface area contributed by atoms with Gasteiger partial charge in [0.05, 0.1) is 12.5 Å². The molecule has 0 aliphatic carbocycles. The molecule has 188 valence electrons. The van der Waals surface area contributed by atoms with Crippen LogP contribution in [-0.4, -0.2) is 49.3 Å². The molecule has 33 heavy (non-hydrogen) atoms. The molecular weight excluding hydrogens is 436 g/mol. The van der Waals surface area contributed by atoms with Crippen LogP contribution < -0.4 is 0 Å². The summed E-state index contributed by atoms with van der Waals surface area (Å²) < 4.78 is 18.1. The molecular formula is C26H44O6Si. The van der Waals surface area contributed by atoms with Crippen molar-refractivity contribution in [1.29, 1.82) is 0 Å². The quantitative estimate of drug-likeness (QED) is 0.214. The van der Waals surface area contributed by atoms with E-state index in [4.69, 9.17) is 13.9 Å². The first-order valence-corrected chi connectivity index (χ1v) is 14.7. The van der Waals surface area contributed by atoms with Crippen LogP contribution in [0.3, 0.4) is 0 Å². The highest BCUT2D eigenvalue weighted by Gasteiger charge is 2.38. The Kier molecular flexibility index (Phi) is 11.8. The summed E-state index contributed by atoms with van der Waals surface area (Å²) in [5.41, 5.74) is -0.441. The van der Waals surface area contributed by atoms with E-state index in [2.05, 4.69) is 27.4 Å². The number of carbonyl (C=O) groups excluding carboxylic acids is 2. The van der Waals surface area contributed by atoms with Gasteiger partial charge in [0.15, 0.2) is 8.32 Å². The number of esters is 2. The largest absolute Gasteiger partial charge is 0.457 e. The fourth-order valence-corrected chi connectivity index (χ4v) is 7.26. The third kappa shape index (κ3) is 8.87. The van der Waals surface area contributed by atoms with Crippen LogP contribution in [-0.2, 0) is 23.5 Å². The lowest BCUT2D eigenvalue weighted by molar-refractivity contribution is -0.157. The molecule has 0 amide bonds. The van der Waals surface area contributed by atoms with Crippen molar-refractivity contribution in [2.45, 2.75) is 110 Å². The summed E-state index contributed by atoms with van der Waals surface area (Å²) in [5.74, 6) is -0.976. The van der Waals surface area contributed by atoms with Gasteiger partial charge in [-0.15, -0.1) is 0 Å². The van der Waals surface area contributed by atoms with Gasteiger partial charge in [-0.25, -0.2) is 0 Å². The molecule has 6 nitrogen and oxygen atoms in total. The second kappa shape index (κ2) is 13.3. The lowest BCUT2D eigenvalue weighted by Gasteiger charge is -2.36. The van der Waals surface area contributed by atoms with E-state index >= 15 is 0 Å². The second-order valence-corrected chi connectivity index (χ2v) is 14.1. The lowest BCUT2D eigenvalue weighted by Crippen LogP contribution is -2.45. The van der Waals surface area contributed by atoms with Crippen molar-refractivity contribution in [2.24, 2.45) is 5.92 Å². The molecule has 0 radical (unpaired) electrons. The van der Waals surface area contributed by atoms with Gasteiger partial charge in [0, 0.05) is 12.8 Å². The van der Waals surface area contributed by atoms with Gasteiger partial charge in [0.25, 0.3) is 0 Å². The van der Waals surface area contributed by atoms with Gasteiger partial charge in [-0.1, -0.05) is 52.5 Å².